The molecule has 0 atom stereocenters. The molecule has 2 fully saturated rings. The van der Waals surface area contributed by atoms with Crippen molar-refractivity contribution < 1.29 is 27.5 Å². The second-order valence-corrected chi connectivity index (χ2v) is 9.91. The normalized spacial score (nSPS) is 15.4. The van der Waals surface area contributed by atoms with Crippen LogP contribution in [0.2, 0.25) is 0 Å². The van der Waals surface area contributed by atoms with Crippen molar-refractivity contribution in [1.29, 1.82) is 0 Å². The minimum absolute atomic E-state index is 0.0340. The average molecular weight is 500 g/mol. The molecule has 2 saturated heterocycles. The summed E-state index contributed by atoms with van der Waals surface area (Å²) in [6, 6.07) is 10.9. The molecule has 0 bridgehead atoms. The molecule has 9 heteroatoms. The predicted molar refractivity (Wildman–Crippen MR) is 127 cm³/mol. The molecule has 0 saturated carbocycles. The van der Waals surface area contributed by atoms with Crippen molar-refractivity contribution >= 4 is 33.1 Å². The maximum atomic E-state index is 15.3. The van der Waals surface area contributed by atoms with Crippen LogP contribution in [-0.2, 0) is 0 Å². The molecule has 3 heterocycles. The lowest BCUT2D eigenvalue weighted by molar-refractivity contribution is 0.0690. The molecule has 35 heavy (non-hydrogen) atoms. The SMILES string of the molecule is O=C(O)c1c(F)c(F)c(F)c(F)c1-c1c2ccc(=[N+]3CCC3)cc-2sc2cc(N3CCC3)ccc12. The predicted octanol–water partition coefficient (Wildman–Crippen LogP) is 5.31. The Morgan fingerprint density at radius 2 is 1.63 bits per heavy atom. The van der Waals surface area contributed by atoms with E-state index in [9.17, 15) is 23.1 Å². The highest BCUT2D eigenvalue weighted by Gasteiger charge is 2.33. The molecule has 0 amide bonds. The molecule has 0 spiro atoms. The van der Waals surface area contributed by atoms with Crippen LogP contribution >= 0.6 is 11.3 Å². The largest absolute Gasteiger partial charge is 0.478 e. The highest BCUT2D eigenvalue weighted by Crippen LogP contribution is 2.46. The molecule has 4 aliphatic rings. The van der Waals surface area contributed by atoms with Crippen LogP contribution in [0.25, 0.3) is 31.7 Å². The van der Waals surface area contributed by atoms with Gasteiger partial charge in [-0.3, -0.25) is 0 Å². The Morgan fingerprint density at radius 3 is 2.26 bits per heavy atom. The van der Waals surface area contributed by atoms with Crippen molar-refractivity contribution in [1.82, 2.24) is 4.58 Å². The third-order valence-corrected chi connectivity index (χ3v) is 7.98. The van der Waals surface area contributed by atoms with Gasteiger partial charge in [-0.15, -0.1) is 11.3 Å². The molecule has 178 valence electrons. The van der Waals surface area contributed by atoms with E-state index in [1.807, 2.05) is 24.3 Å². The topological polar surface area (TPSA) is 43.5 Å². The van der Waals surface area contributed by atoms with Crippen molar-refractivity contribution in [2.45, 2.75) is 12.8 Å². The zero-order valence-corrected chi connectivity index (χ0v) is 19.2. The number of hydrogen-bond donors (Lipinski definition) is 1. The first-order valence-electron chi connectivity index (χ1n) is 11.3. The summed E-state index contributed by atoms with van der Waals surface area (Å²) in [5.41, 5.74) is -0.578. The summed E-state index contributed by atoms with van der Waals surface area (Å²) in [4.78, 5) is 14.9. The number of nitrogens with zero attached hydrogens (tertiary/aromatic N) is 2. The van der Waals surface area contributed by atoms with E-state index < -0.39 is 40.4 Å². The van der Waals surface area contributed by atoms with Gasteiger partial charge in [0.2, 0.25) is 5.36 Å². The maximum absolute atomic E-state index is 15.3. The van der Waals surface area contributed by atoms with Gasteiger partial charge in [0.25, 0.3) is 0 Å². The van der Waals surface area contributed by atoms with Gasteiger partial charge in [0.1, 0.15) is 18.7 Å². The molecule has 0 radical (unpaired) electrons. The van der Waals surface area contributed by atoms with Gasteiger partial charge in [-0.05, 0) is 24.6 Å². The molecule has 1 N–H and O–H groups in total. The number of benzene rings is 3. The standard InChI is InChI=1S/C26H18F4N2O2S/c27-22-20(21(26(33)34)23(28)25(30)24(22)29)19-15-5-3-13(31-7-1-8-31)11-17(15)35-18-12-14(4-6-16(18)19)32-9-2-10-32/h3-6,11-12H,1-2,7-10H2/p+1. The number of anilines is 1. The van der Waals surface area contributed by atoms with Crippen molar-refractivity contribution in [3.8, 4) is 21.6 Å². The summed E-state index contributed by atoms with van der Waals surface area (Å²) in [5.74, 6) is -9.70. The van der Waals surface area contributed by atoms with E-state index in [1.54, 1.807) is 12.1 Å². The summed E-state index contributed by atoms with van der Waals surface area (Å²) >= 11 is 1.44. The lowest BCUT2D eigenvalue weighted by atomic mass is 9.90. The van der Waals surface area contributed by atoms with Crippen molar-refractivity contribution in [2.24, 2.45) is 0 Å². The van der Waals surface area contributed by atoms with Crippen molar-refractivity contribution in [3.63, 3.8) is 0 Å². The lowest BCUT2D eigenvalue weighted by Gasteiger charge is -2.33. The fourth-order valence-electron chi connectivity index (χ4n) is 4.75. The first kappa shape index (κ1) is 22.0. The van der Waals surface area contributed by atoms with Crippen LogP contribution in [0.15, 0.2) is 36.4 Å². The maximum Gasteiger partial charge on any atom is 0.339 e. The van der Waals surface area contributed by atoms with E-state index in [4.69, 9.17) is 0 Å². The van der Waals surface area contributed by atoms with Crippen LogP contribution in [0.1, 0.15) is 23.2 Å². The Balaban J connectivity index is 1.76. The van der Waals surface area contributed by atoms with Crippen molar-refractivity contribution in [2.75, 3.05) is 31.1 Å². The van der Waals surface area contributed by atoms with E-state index in [0.29, 0.717) is 20.5 Å². The van der Waals surface area contributed by atoms with E-state index in [0.717, 1.165) is 50.1 Å². The number of rotatable bonds is 3. The molecule has 1 aliphatic carbocycles. The van der Waals surface area contributed by atoms with E-state index in [2.05, 4.69) is 9.48 Å². The van der Waals surface area contributed by atoms with Gasteiger partial charge < -0.3 is 10.0 Å². The van der Waals surface area contributed by atoms with Crippen LogP contribution in [-0.4, -0.2) is 37.3 Å². The zero-order chi connectivity index (χ0) is 24.4. The van der Waals surface area contributed by atoms with E-state index in [1.165, 1.54) is 11.3 Å². The summed E-state index contributed by atoms with van der Waals surface area (Å²) in [6.07, 6.45) is 2.15. The number of fused-ring (bicyclic) bond motifs is 2. The molecular formula is C26H19F4N2O2S+. The monoisotopic (exact) mass is 499 g/mol. The third-order valence-electron chi connectivity index (χ3n) is 6.86. The molecule has 4 nitrogen and oxygen atoms in total. The number of halogens is 4. The third kappa shape index (κ3) is 3.32. The lowest BCUT2D eigenvalue weighted by Crippen LogP contribution is -2.40. The van der Waals surface area contributed by atoms with Crippen LogP contribution in [0.4, 0.5) is 23.2 Å². The zero-order valence-electron chi connectivity index (χ0n) is 18.4. The van der Waals surface area contributed by atoms with E-state index in [-0.39, 0.29) is 5.56 Å². The minimum atomic E-state index is -2.14. The summed E-state index contributed by atoms with van der Waals surface area (Å²) in [7, 11) is 0. The van der Waals surface area contributed by atoms with Gasteiger partial charge in [0, 0.05) is 62.6 Å². The number of carboxylic acid groups (broad SMARTS) is 1. The fourth-order valence-corrected chi connectivity index (χ4v) is 5.90. The van der Waals surface area contributed by atoms with Crippen LogP contribution in [0, 0.1) is 23.3 Å². The average Bonchev–Trinajstić information content (AvgIpc) is 2.76. The molecular weight excluding hydrogens is 480 g/mol. The Bertz CT molecular complexity index is 1590. The Kier molecular flexibility index (Phi) is 5.07. The first-order valence-corrected chi connectivity index (χ1v) is 12.1. The molecule has 0 aromatic heterocycles. The Morgan fingerprint density at radius 1 is 0.886 bits per heavy atom. The minimum Gasteiger partial charge on any atom is -0.478 e. The van der Waals surface area contributed by atoms with Crippen molar-refractivity contribution in [3.05, 3.63) is 70.6 Å². The Hall–Kier alpha value is -3.46. The van der Waals surface area contributed by atoms with Gasteiger partial charge in [-0.25, -0.2) is 26.9 Å². The fraction of sp³-hybridized carbons (Fsp3) is 0.231. The first-order chi connectivity index (χ1) is 16.8. The summed E-state index contributed by atoms with van der Waals surface area (Å²) in [5, 5.41) is 11.1. The summed E-state index contributed by atoms with van der Waals surface area (Å²) in [6.45, 7) is 3.62. The number of hydrogen-bond acceptors (Lipinski definition) is 3. The van der Waals surface area contributed by atoms with E-state index >= 15 is 4.39 Å². The second kappa shape index (κ2) is 8.05. The van der Waals surface area contributed by atoms with Gasteiger partial charge >= 0.3 is 5.97 Å². The van der Waals surface area contributed by atoms with Crippen LogP contribution in [0.3, 0.4) is 0 Å². The molecule has 3 aliphatic heterocycles. The molecule has 2 aromatic carbocycles. The highest BCUT2D eigenvalue weighted by atomic mass is 32.1. The quantitative estimate of drug-likeness (QED) is 0.137. The van der Waals surface area contributed by atoms with Gasteiger partial charge in [-0.1, -0.05) is 6.07 Å². The number of carbonyl (C=O) groups is 1. The smallest absolute Gasteiger partial charge is 0.339 e. The number of aromatic carboxylic acids is 1. The van der Waals surface area contributed by atoms with Crippen LogP contribution in [0.5, 0.6) is 0 Å². The second-order valence-electron chi connectivity index (χ2n) is 8.83. The highest BCUT2D eigenvalue weighted by molar-refractivity contribution is 7.21. The van der Waals surface area contributed by atoms with Gasteiger partial charge in [-0.2, -0.15) is 0 Å². The summed E-state index contributed by atoms with van der Waals surface area (Å²) < 4.78 is 61.4. The van der Waals surface area contributed by atoms with Gasteiger partial charge in [0.15, 0.2) is 23.3 Å². The molecule has 2 aromatic rings. The molecule has 6 rings (SSSR count). The number of carboxylic acids is 1. The Labute approximate surface area is 201 Å². The van der Waals surface area contributed by atoms with Crippen LogP contribution < -0.4 is 14.8 Å². The molecule has 0 unspecified atom stereocenters. The van der Waals surface area contributed by atoms with Gasteiger partial charge in [0.05, 0.1) is 6.42 Å².